The van der Waals surface area contributed by atoms with Crippen LogP contribution in [0.4, 0.5) is 5.69 Å². The fourth-order valence-corrected chi connectivity index (χ4v) is 6.82. The smallest absolute Gasteiger partial charge is 0.246 e. The zero-order valence-electron chi connectivity index (χ0n) is 22.9. The lowest BCUT2D eigenvalue weighted by molar-refractivity contribution is -0.141. The molecule has 8 heteroatoms. The Morgan fingerprint density at radius 2 is 1.73 bits per heavy atom. The first-order valence-corrected chi connectivity index (χ1v) is 14.6. The van der Waals surface area contributed by atoms with E-state index in [1.54, 1.807) is 29.2 Å². The van der Waals surface area contributed by atoms with Gasteiger partial charge in [-0.3, -0.25) is 14.4 Å². The molecule has 0 aromatic heterocycles. The molecule has 6 rings (SSSR count). The van der Waals surface area contributed by atoms with Crippen molar-refractivity contribution in [3.63, 3.8) is 0 Å². The number of para-hydroxylation sites is 1. The number of amides is 3. The van der Waals surface area contributed by atoms with Crippen LogP contribution in [0.25, 0.3) is 0 Å². The van der Waals surface area contributed by atoms with Gasteiger partial charge in [0.1, 0.15) is 23.1 Å². The number of hydrogen-bond donors (Lipinski definition) is 2. The second-order valence-electron chi connectivity index (χ2n) is 11.4. The van der Waals surface area contributed by atoms with Gasteiger partial charge in [0, 0.05) is 18.3 Å². The van der Waals surface area contributed by atoms with Crippen LogP contribution in [0.15, 0.2) is 66.7 Å². The van der Waals surface area contributed by atoms with Crippen molar-refractivity contribution in [2.45, 2.75) is 75.7 Å². The van der Waals surface area contributed by atoms with Crippen LogP contribution in [0.1, 0.15) is 51.9 Å². The number of nitrogens with one attached hydrogen (secondary N) is 2. The monoisotopic (exact) mass is 543 g/mol. The third-order valence-corrected chi connectivity index (χ3v) is 8.73. The summed E-state index contributed by atoms with van der Waals surface area (Å²) >= 11 is 0. The number of hydrogen-bond acceptors (Lipinski definition) is 5. The van der Waals surface area contributed by atoms with Crippen molar-refractivity contribution in [3.05, 3.63) is 66.7 Å². The van der Waals surface area contributed by atoms with Gasteiger partial charge in [0.05, 0.1) is 17.9 Å². The Balaban J connectivity index is 1.20. The molecule has 2 aromatic rings. The van der Waals surface area contributed by atoms with Crippen LogP contribution in [-0.2, 0) is 19.1 Å². The van der Waals surface area contributed by atoms with Crippen molar-refractivity contribution >= 4 is 23.4 Å². The van der Waals surface area contributed by atoms with Crippen LogP contribution in [0, 0.1) is 11.8 Å². The lowest BCUT2D eigenvalue weighted by Crippen LogP contribution is -2.56. The van der Waals surface area contributed by atoms with Crippen LogP contribution in [0.3, 0.4) is 0 Å². The first kappa shape index (κ1) is 26.6. The fourth-order valence-electron chi connectivity index (χ4n) is 6.82. The molecule has 5 atom stereocenters. The molecule has 3 amide bonds. The normalized spacial score (nSPS) is 28.9. The predicted molar refractivity (Wildman–Crippen MR) is 151 cm³/mol. The zero-order chi connectivity index (χ0) is 27.7. The summed E-state index contributed by atoms with van der Waals surface area (Å²) < 4.78 is 12.3. The molecule has 1 aliphatic carbocycles. The lowest BCUT2D eigenvalue weighted by Gasteiger charge is -2.34. The van der Waals surface area contributed by atoms with Crippen molar-refractivity contribution in [2.24, 2.45) is 11.8 Å². The van der Waals surface area contributed by atoms with E-state index in [1.165, 1.54) is 6.42 Å². The Hall–Kier alpha value is -3.65. The third kappa shape index (κ3) is 4.79. The summed E-state index contributed by atoms with van der Waals surface area (Å²) in [5, 5.41) is 6.20. The minimum absolute atomic E-state index is 0.121. The Morgan fingerprint density at radius 1 is 1.00 bits per heavy atom. The molecule has 2 N–H and O–H groups in total. The average Bonchev–Trinajstić information content (AvgIpc) is 3.61. The summed E-state index contributed by atoms with van der Waals surface area (Å²) in [6, 6.07) is 16.0. The maximum atomic E-state index is 13.9. The molecule has 1 spiro atoms. The minimum atomic E-state index is -1.12. The van der Waals surface area contributed by atoms with Gasteiger partial charge >= 0.3 is 0 Å². The number of carbonyl (C=O) groups excluding carboxylic acids is 3. The number of anilines is 1. The van der Waals surface area contributed by atoms with E-state index in [9.17, 15) is 14.4 Å². The van der Waals surface area contributed by atoms with Crippen LogP contribution in [0.5, 0.6) is 11.5 Å². The van der Waals surface area contributed by atoms with Gasteiger partial charge in [0.2, 0.25) is 17.7 Å². The highest BCUT2D eigenvalue weighted by molar-refractivity contribution is 6.02. The van der Waals surface area contributed by atoms with Crippen molar-refractivity contribution in [3.8, 4) is 11.5 Å². The number of likely N-dealkylation sites (tertiary alicyclic amines) is 1. The van der Waals surface area contributed by atoms with Gasteiger partial charge in [-0.1, -0.05) is 63.0 Å². The van der Waals surface area contributed by atoms with Gasteiger partial charge < -0.3 is 25.0 Å². The van der Waals surface area contributed by atoms with E-state index in [2.05, 4.69) is 17.6 Å². The molecule has 3 aliphatic heterocycles. The summed E-state index contributed by atoms with van der Waals surface area (Å²) in [6.45, 7) is 2.53. The van der Waals surface area contributed by atoms with Gasteiger partial charge in [-0.05, 0) is 55.7 Å². The highest BCUT2D eigenvalue weighted by atomic mass is 16.5. The van der Waals surface area contributed by atoms with Gasteiger partial charge in [-0.2, -0.15) is 0 Å². The number of carbonyl (C=O) groups is 3. The molecule has 210 valence electrons. The molecule has 40 heavy (non-hydrogen) atoms. The van der Waals surface area contributed by atoms with E-state index in [0.29, 0.717) is 18.0 Å². The molecule has 1 saturated carbocycles. The Morgan fingerprint density at radius 3 is 2.45 bits per heavy atom. The maximum Gasteiger partial charge on any atom is 0.246 e. The number of nitrogens with zero attached hydrogens (tertiary/aromatic N) is 1. The summed E-state index contributed by atoms with van der Waals surface area (Å²) in [6.07, 6.45) is 10.2. The Labute approximate surface area is 235 Å². The molecule has 0 radical (unpaired) electrons. The summed E-state index contributed by atoms with van der Waals surface area (Å²) in [7, 11) is 0. The Bertz CT molecular complexity index is 1270. The van der Waals surface area contributed by atoms with E-state index in [4.69, 9.17) is 9.47 Å². The number of rotatable bonds is 9. The Kier molecular flexibility index (Phi) is 7.36. The predicted octanol–water partition coefficient (Wildman–Crippen LogP) is 4.82. The highest BCUT2D eigenvalue weighted by Gasteiger charge is 2.72. The second kappa shape index (κ2) is 11.1. The number of ether oxygens (including phenoxy) is 2. The number of fused-ring (bicyclic) bond motifs is 1. The van der Waals surface area contributed by atoms with E-state index in [0.717, 1.165) is 44.3 Å². The number of benzene rings is 2. The SMILES string of the molecule is CCCCN1C(=O)C2C(C(=O)Nc3ccc(Oc4ccccc4)cc3)C3C=CC2(O3)C1C(=O)NC1CCCCC1. The second-order valence-corrected chi connectivity index (χ2v) is 11.4. The van der Waals surface area contributed by atoms with E-state index < -0.39 is 29.6 Å². The zero-order valence-corrected chi connectivity index (χ0v) is 22.9. The largest absolute Gasteiger partial charge is 0.457 e. The van der Waals surface area contributed by atoms with Gasteiger partial charge in [-0.25, -0.2) is 0 Å². The number of unbranched alkanes of at least 4 members (excludes halogenated alkanes) is 1. The molecule has 3 heterocycles. The van der Waals surface area contributed by atoms with Crippen molar-refractivity contribution in [1.82, 2.24) is 10.2 Å². The molecule has 2 aromatic carbocycles. The van der Waals surface area contributed by atoms with Crippen LogP contribution in [-0.4, -0.2) is 53.0 Å². The van der Waals surface area contributed by atoms with Crippen LogP contribution < -0.4 is 15.4 Å². The standard InChI is InChI=1S/C32H37N3O5/c1-2-3-20-35-28(30(37)34-21-10-6-4-7-11-21)32-19-18-25(40-32)26(27(32)31(35)38)29(36)33-22-14-16-24(17-15-22)39-23-12-8-5-9-13-23/h5,8-9,12-19,21,25-28H,2-4,6-7,10-11,20H2,1H3,(H,33,36)(H,34,37). The maximum absolute atomic E-state index is 13.9. The fraction of sp³-hybridized carbons (Fsp3) is 0.469. The topological polar surface area (TPSA) is 97.0 Å². The van der Waals surface area contributed by atoms with Crippen LogP contribution in [0.2, 0.25) is 0 Å². The summed E-state index contributed by atoms with van der Waals surface area (Å²) in [5.41, 5.74) is -0.519. The first-order chi connectivity index (χ1) is 19.5. The molecule has 2 saturated heterocycles. The van der Waals surface area contributed by atoms with E-state index in [-0.39, 0.29) is 23.8 Å². The van der Waals surface area contributed by atoms with Crippen molar-refractivity contribution in [1.29, 1.82) is 0 Å². The minimum Gasteiger partial charge on any atom is -0.457 e. The van der Waals surface area contributed by atoms with Crippen LogP contribution >= 0.6 is 0 Å². The van der Waals surface area contributed by atoms with Crippen molar-refractivity contribution < 1.29 is 23.9 Å². The highest BCUT2D eigenvalue weighted by Crippen LogP contribution is 2.55. The lowest BCUT2D eigenvalue weighted by atomic mass is 9.74. The average molecular weight is 544 g/mol. The summed E-state index contributed by atoms with van der Waals surface area (Å²) in [5.74, 6) is -0.690. The summed E-state index contributed by atoms with van der Waals surface area (Å²) in [4.78, 5) is 43.0. The van der Waals surface area contributed by atoms with Crippen molar-refractivity contribution in [2.75, 3.05) is 11.9 Å². The van der Waals surface area contributed by atoms with Gasteiger partial charge in [-0.15, -0.1) is 0 Å². The molecule has 5 unspecified atom stereocenters. The van der Waals surface area contributed by atoms with Gasteiger partial charge in [0.15, 0.2) is 0 Å². The first-order valence-electron chi connectivity index (χ1n) is 14.6. The van der Waals surface area contributed by atoms with E-state index in [1.807, 2.05) is 42.5 Å². The molecular formula is C32H37N3O5. The molecular weight excluding hydrogens is 506 g/mol. The van der Waals surface area contributed by atoms with Gasteiger partial charge in [0.25, 0.3) is 0 Å². The molecule has 4 aliphatic rings. The molecule has 8 nitrogen and oxygen atoms in total. The molecule has 3 fully saturated rings. The molecule has 2 bridgehead atoms. The quantitative estimate of drug-likeness (QED) is 0.442. The van der Waals surface area contributed by atoms with E-state index >= 15 is 0 Å². The third-order valence-electron chi connectivity index (χ3n) is 8.73.